The quantitative estimate of drug-likeness (QED) is 0.492. The lowest BCUT2D eigenvalue weighted by atomic mass is 9.98. The first-order valence-corrected chi connectivity index (χ1v) is 12.1. The maximum absolute atomic E-state index is 13.5. The second-order valence-electron chi connectivity index (χ2n) is 9.03. The van der Waals surface area contributed by atoms with Crippen LogP contribution in [0.2, 0.25) is 0 Å². The Labute approximate surface area is 208 Å². The van der Waals surface area contributed by atoms with Crippen LogP contribution in [0, 0.1) is 19.8 Å². The minimum Gasteiger partial charge on any atom is -0.466 e. The summed E-state index contributed by atoms with van der Waals surface area (Å²) in [5.41, 5.74) is 1.45. The number of aromatic nitrogens is 3. The summed E-state index contributed by atoms with van der Waals surface area (Å²) in [6, 6.07) is 14.5. The van der Waals surface area contributed by atoms with E-state index in [1.807, 2.05) is 50.2 Å². The van der Waals surface area contributed by atoms with E-state index in [2.05, 4.69) is 5.10 Å². The number of hydrogen-bond donors (Lipinski definition) is 0. The molecule has 2 heterocycles. The van der Waals surface area contributed by atoms with Crippen LogP contribution in [0.5, 0.6) is 0 Å². The molecule has 1 amide bonds. The number of carbonyl (C=O) groups excluding carboxylic acids is 2. The number of benzene rings is 2. The van der Waals surface area contributed by atoms with Gasteiger partial charge >= 0.3 is 11.7 Å². The third-order valence-electron chi connectivity index (χ3n) is 6.51. The first-order chi connectivity index (χ1) is 17.3. The number of likely N-dealkylation sites (tertiary alicyclic amines) is 1. The first kappa shape index (κ1) is 25.1. The highest BCUT2D eigenvalue weighted by molar-refractivity contribution is 5.92. The predicted molar refractivity (Wildman–Crippen MR) is 134 cm³/mol. The predicted octanol–water partition coefficient (Wildman–Crippen LogP) is 2.47. The van der Waals surface area contributed by atoms with E-state index in [-0.39, 0.29) is 31.4 Å². The molecule has 0 radical (unpaired) electrons. The van der Waals surface area contributed by atoms with Crippen molar-refractivity contribution in [1.82, 2.24) is 19.2 Å². The smallest absolute Gasteiger partial charge is 0.352 e. The zero-order valence-corrected chi connectivity index (χ0v) is 20.8. The van der Waals surface area contributed by atoms with Gasteiger partial charge in [0.1, 0.15) is 0 Å². The van der Waals surface area contributed by atoms with Gasteiger partial charge in [0.2, 0.25) is 5.69 Å². The van der Waals surface area contributed by atoms with Crippen molar-refractivity contribution < 1.29 is 14.3 Å². The lowest BCUT2D eigenvalue weighted by molar-refractivity contribution is -0.149. The molecular weight excluding hydrogens is 460 g/mol. The number of aryl methyl sites for hydroxylation is 2. The molecule has 0 bridgehead atoms. The van der Waals surface area contributed by atoms with Gasteiger partial charge in [-0.25, -0.2) is 4.79 Å². The van der Waals surface area contributed by atoms with Gasteiger partial charge in [-0.3, -0.25) is 19.0 Å². The Morgan fingerprint density at radius 1 is 1.06 bits per heavy atom. The summed E-state index contributed by atoms with van der Waals surface area (Å²) in [4.78, 5) is 54.2. The first-order valence-electron chi connectivity index (χ1n) is 12.1. The van der Waals surface area contributed by atoms with Gasteiger partial charge in [0.15, 0.2) is 0 Å². The monoisotopic (exact) mass is 490 g/mol. The molecule has 188 valence electrons. The van der Waals surface area contributed by atoms with Gasteiger partial charge in [-0.15, -0.1) is 0 Å². The molecule has 1 aliphatic heterocycles. The number of amides is 1. The largest absolute Gasteiger partial charge is 0.466 e. The van der Waals surface area contributed by atoms with Crippen LogP contribution in [0.3, 0.4) is 0 Å². The molecule has 0 saturated carbocycles. The van der Waals surface area contributed by atoms with Crippen molar-refractivity contribution in [3.05, 3.63) is 91.8 Å². The van der Waals surface area contributed by atoms with E-state index in [1.165, 1.54) is 4.90 Å². The molecule has 36 heavy (non-hydrogen) atoms. The maximum atomic E-state index is 13.5. The average molecular weight is 491 g/mol. The molecular formula is C27H30N4O5. The number of ether oxygens (including phenoxy) is 1. The third kappa shape index (κ3) is 5.15. The van der Waals surface area contributed by atoms with Crippen LogP contribution < -0.4 is 11.2 Å². The van der Waals surface area contributed by atoms with Gasteiger partial charge in [-0.1, -0.05) is 36.4 Å². The topological polar surface area (TPSA) is 104 Å². The van der Waals surface area contributed by atoms with E-state index in [9.17, 15) is 19.2 Å². The van der Waals surface area contributed by atoms with Gasteiger partial charge in [0.25, 0.3) is 11.5 Å². The molecule has 9 nitrogen and oxygen atoms in total. The van der Waals surface area contributed by atoms with Gasteiger partial charge in [-0.05, 0) is 62.4 Å². The summed E-state index contributed by atoms with van der Waals surface area (Å²) >= 11 is 0. The molecule has 1 aromatic heterocycles. The Morgan fingerprint density at radius 2 is 1.81 bits per heavy atom. The average Bonchev–Trinajstić information content (AvgIpc) is 2.89. The molecule has 4 rings (SSSR count). The fourth-order valence-electron chi connectivity index (χ4n) is 4.34. The fraction of sp³-hybridized carbons (Fsp3) is 0.370. The van der Waals surface area contributed by atoms with Crippen molar-refractivity contribution in [1.29, 1.82) is 0 Å². The van der Waals surface area contributed by atoms with E-state index in [4.69, 9.17) is 4.74 Å². The van der Waals surface area contributed by atoms with Gasteiger partial charge in [0, 0.05) is 13.1 Å². The van der Waals surface area contributed by atoms with Crippen molar-refractivity contribution in [3.63, 3.8) is 0 Å². The lowest BCUT2D eigenvalue weighted by Crippen LogP contribution is -2.49. The maximum Gasteiger partial charge on any atom is 0.352 e. The summed E-state index contributed by atoms with van der Waals surface area (Å²) in [5, 5.41) is 4.26. The van der Waals surface area contributed by atoms with E-state index in [0.717, 1.165) is 25.9 Å². The second kappa shape index (κ2) is 10.7. The minimum absolute atomic E-state index is 0.00238. The number of hydrogen-bond acceptors (Lipinski definition) is 6. The van der Waals surface area contributed by atoms with E-state index < -0.39 is 23.1 Å². The summed E-state index contributed by atoms with van der Waals surface area (Å²) in [6.07, 6.45) is 1.21. The van der Waals surface area contributed by atoms with E-state index in [0.29, 0.717) is 25.1 Å². The summed E-state index contributed by atoms with van der Waals surface area (Å²) < 4.78 is 7.28. The second-order valence-corrected chi connectivity index (χ2v) is 9.03. The number of carbonyl (C=O) groups is 2. The molecule has 1 atom stereocenters. The molecule has 0 N–H and O–H groups in total. The van der Waals surface area contributed by atoms with Crippen LogP contribution >= 0.6 is 0 Å². The standard InChI is InChI=1S/C27H30N4O5/c1-4-36-26(34)21-11-8-14-29(17-21)24(32)23-25(33)30(16-20-9-6-5-7-10-20)27(35)31(28-23)22-13-12-18(2)19(3)15-22/h5-7,9-10,12-13,15,21H,4,8,11,14,16-17H2,1-3H3/t21-/m1/s1. The van der Waals surface area contributed by atoms with Crippen molar-refractivity contribution in [3.8, 4) is 5.69 Å². The Bertz CT molecular complexity index is 1390. The van der Waals surface area contributed by atoms with Crippen LogP contribution in [0.1, 0.15) is 46.9 Å². The molecule has 1 fully saturated rings. The molecule has 0 spiro atoms. The van der Waals surface area contributed by atoms with Crippen molar-refractivity contribution in [2.75, 3.05) is 19.7 Å². The van der Waals surface area contributed by atoms with Crippen LogP contribution in [-0.2, 0) is 16.1 Å². The zero-order chi connectivity index (χ0) is 25.8. The summed E-state index contributed by atoms with van der Waals surface area (Å²) in [5.74, 6) is -1.42. The molecule has 2 aromatic carbocycles. The van der Waals surface area contributed by atoms with Gasteiger partial charge in [0.05, 0.1) is 24.8 Å². The van der Waals surface area contributed by atoms with Crippen molar-refractivity contribution in [2.45, 2.75) is 40.2 Å². The fourth-order valence-corrected chi connectivity index (χ4v) is 4.34. The van der Waals surface area contributed by atoms with Gasteiger partial charge < -0.3 is 9.64 Å². The van der Waals surface area contributed by atoms with Crippen LogP contribution in [0.25, 0.3) is 5.69 Å². The molecule has 0 unspecified atom stereocenters. The highest BCUT2D eigenvalue weighted by atomic mass is 16.5. The van der Waals surface area contributed by atoms with E-state index in [1.54, 1.807) is 19.1 Å². The number of piperidine rings is 1. The van der Waals surface area contributed by atoms with E-state index >= 15 is 0 Å². The molecule has 0 aliphatic carbocycles. The minimum atomic E-state index is -0.757. The zero-order valence-electron chi connectivity index (χ0n) is 20.8. The Morgan fingerprint density at radius 3 is 2.50 bits per heavy atom. The summed E-state index contributed by atoms with van der Waals surface area (Å²) in [7, 11) is 0. The van der Waals surface area contributed by atoms with Crippen molar-refractivity contribution >= 4 is 11.9 Å². The Balaban J connectivity index is 1.80. The molecule has 1 saturated heterocycles. The lowest BCUT2D eigenvalue weighted by Gasteiger charge is -2.31. The normalized spacial score (nSPS) is 15.5. The summed E-state index contributed by atoms with van der Waals surface area (Å²) in [6.45, 7) is 6.39. The van der Waals surface area contributed by atoms with Crippen molar-refractivity contribution in [2.24, 2.45) is 5.92 Å². The SMILES string of the molecule is CCOC(=O)[C@@H]1CCCN(C(=O)c2nn(-c3ccc(C)c(C)c3)c(=O)n(Cc3ccccc3)c2=O)C1. The number of nitrogens with zero attached hydrogens (tertiary/aromatic N) is 4. The molecule has 1 aliphatic rings. The highest BCUT2D eigenvalue weighted by Crippen LogP contribution is 2.19. The molecule has 9 heteroatoms. The number of esters is 1. The third-order valence-corrected chi connectivity index (χ3v) is 6.51. The highest BCUT2D eigenvalue weighted by Gasteiger charge is 2.32. The van der Waals surface area contributed by atoms with Gasteiger partial charge in [-0.2, -0.15) is 9.78 Å². The van der Waals surface area contributed by atoms with Crippen LogP contribution in [-0.4, -0.2) is 50.8 Å². The molecule has 3 aromatic rings. The Kier molecular flexibility index (Phi) is 7.47. The van der Waals surface area contributed by atoms with Crippen LogP contribution in [0.15, 0.2) is 58.1 Å². The number of rotatable bonds is 6. The van der Waals surface area contributed by atoms with Crippen LogP contribution in [0.4, 0.5) is 0 Å². The Hall–Kier alpha value is -4.01.